The van der Waals surface area contributed by atoms with Gasteiger partial charge in [-0.15, -0.1) is 0 Å². The fraction of sp³-hybridized carbons (Fsp3) is 0. The number of hydrogen-bond donors (Lipinski definition) is 2. The van der Waals surface area contributed by atoms with Crippen molar-refractivity contribution < 1.29 is 8.37 Å². The monoisotopic (exact) mass is 352 g/mol. The highest BCUT2D eigenvalue weighted by molar-refractivity contribution is 7.96. The molecule has 3 aromatic carbocycles. The topological polar surface area (TPSA) is 42.5 Å². The third kappa shape index (κ3) is 2.18. The van der Waals surface area contributed by atoms with E-state index in [1.54, 1.807) is 0 Å². The van der Waals surface area contributed by atoms with Gasteiger partial charge in [-0.1, -0.05) is 48.5 Å². The maximum absolute atomic E-state index is 5.49. The Morgan fingerprint density at radius 3 is 1.50 bits per heavy atom. The summed E-state index contributed by atoms with van der Waals surface area (Å²) in [6.45, 7) is 0. The zero-order valence-corrected chi connectivity index (χ0v) is 14.0. The molecular formula is C18H12N2O2S2. The van der Waals surface area contributed by atoms with Gasteiger partial charge < -0.3 is 8.37 Å². The molecule has 2 N–H and O–H groups in total. The number of fused-ring (bicyclic) bond motifs is 2. The van der Waals surface area contributed by atoms with Crippen LogP contribution in [0.3, 0.4) is 0 Å². The van der Waals surface area contributed by atoms with E-state index in [-0.39, 0.29) is 0 Å². The van der Waals surface area contributed by atoms with Crippen molar-refractivity contribution in [1.82, 2.24) is 0 Å². The third-order valence-electron chi connectivity index (χ3n) is 4.11. The number of nitrogens with one attached hydrogen (secondary N) is 2. The summed E-state index contributed by atoms with van der Waals surface area (Å²) in [7, 11) is 0. The van der Waals surface area contributed by atoms with Gasteiger partial charge in [-0.25, -0.2) is 0 Å². The minimum absolute atomic E-state index is 0.876. The van der Waals surface area contributed by atoms with Gasteiger partial charge in [0.2, 0.25) is 0 Å². The molecule has 24 heavy (non-hydrogen) atoms. The number of benzene rings is 3. The minimum Gasteiger partial charge on any atom is -0.403 e. The first-order chi connectivity index (χ1) is 11.9. The van der Waals surface area contributed by atoms with Gasteiger partial charge in [0.25, 0.3) is 0 Å². The van der Waals surface area contributed by atoms with Crippen LogP contribution in [0.2, 0.25) is 0 Å². The van der Waals surface area contributed by atoms with Crippen LogP contribution >= 0.6 is 24.5 Å². The normalized spacial score (nSPS) is 14.0. The van der Waals surface area contributed by atoms with Gasteiger partial charge in [0.1, 0.15) is 0 Å². The standard InChI is InChI=1S/C18H12N2O2S2/c1-3-13(17-15(5-1)21-23-19-17)11-7-9-12(10-8-11)14-4-2-6-16-18(14)20-24-22-16/h1-10,19-20H. The van der Waals surface area contributed by atoms with Crippen molar-refractivity contribution in [3.8, 4) is 33.8 Å². The molecule has 0 fully saturated rings. The SMILES string of the molecule is c1cc2c(c(-c3ccc(-c4cccc5c4NSO5)cc3)c1)NSO2. The summed E-state index contributed by atoms with van der Waals surface area (Å²) < 4.78 is 17.4. The van der Waals surface area contributed by atoms with Crippen LogP contribution in [0.5, 0.6) is 11.5 Å². The number of anilines is 2. The van der Waals surface area contributed by atoms with Gasteiger partial charge in [0.15, 0.2) is 36.0 Å². The molecule has 0 amide bonds. The Bertz CT molecular complexity index is 852. The molecule has 0 unspecified atom stereocenters. The number of para-hydroxylation sites is 2. The lowest BCUT2D eigenvalue weighted by Gasteiger charge is -2.09. The number of rotatable bonds is 2. The van der Waals surface area contributed by atoms with E-state index >= 15 is 0 Å². The van der Waals surface area contributed by atoms with Gasteiger partial charge in [0, 0.05) is 11.1 Å². The van der Waals surface area contributed by atoms with Gasteiger partial charge in [-0.2, -0.15) is 0 Å². The predicted molar refractivity (Wildman–Crippen MR) is 101 cm³/mol. The Labute approximate surface area is 148 Å². The molecule has 0 saturated carbocycles. The highest BCUT2D eigenvalue weighted by Crippen LogP contribution is 2.45. The fourth-order valence-corrected chi connectivity index (χ4v) is 4.07. The smallest absolute Gasteiger partial charge is 0.176 e. The molecule has 2 heterocycles. The molecule has 0 saturated heterocycles. The van der Waals surface area contributed by atoms with Crippen LogP contribution in [-0.4, -0.2) is 0 Å². The van der Waals surface area contributed by atoms with E-state index in [0.29, 0.717) is 0 Å². The molecule has 0 aliphatic carbocycles. The molecule has 0 bridgehead atoms. The van der Waals surface area contributed by atoms with Crippen molar-refractivity contribution in [3.63, 3.8) is 0 Å². The second kappa shape index (κ2) is 5.58. The van der Waals surface area contributed by atoms with E-state index < -0.39 is 0 Å². The Kier molecular flexibility index (Phi) is 3.24. The van der Waals surface area contributed by atoms with E-state index in [0.717, 1.165) is 45.1 Å². The molecular weight excluding hydrogens is 340 g/mol. The molecule has 2 aliphatic rings. The molecule has 3 aromatic rings. The zero-order chi connectivity index (χ0) is 15.9. The number of hydrogen-bond acceptors (Lipinski definition) is 6. The Morgan fingerprint density at radius 2 is 1.04 bits per heavy atom. The van der Waals surface area contributed by atoms with Crippen LogP contribution < -0.4 is 17.8 Å². The molecule has 0 aromatic heterocycles. The van der Waals surface area contributed by atoms with E-state index in [1.165, 1.54) is 24.5 Å². The first kappa shape index (κ1) is 13.9. The van der Waals surface area contributed by atoms with E-state index in [2.05, 4.69) is 45.8 Å². The molecule has 5 rings (SSSR count). The van der Waals surface area contributed by atoms with E-state index in [9.17, 15) is 0 Å². The predicted octanol–water partition coefficient (Wildman–Crippen LogP) is 5.76. The van der Waals surface area contributed by atoms with Gasteiger partial charge in [-0.3, -0.25) is 9.44 Å². The largest absolute Gasteiger partial charge is 0.403 e. The summed E-state index contributed by atoms with van der Waals surface area (Å²) in [5, 5.41) is 0. The van der Waals surface area contributed by atoms with Crippen LogP contribution in [0, 0.1) is 0 Å². The summed E-state index contributed by atoms with van der Waals surface area (Å²) in [4.78, 5) is 0. The van der Waals surface area contributed by atoms with Crippen LogP contribution in [0.1, 0.15) is 0 Å². The zero-order valence-electron chi connectivity index (χ0n) is 12.4. The molecule has 4 nitrogen and oxygen atoms in total. The quantitative estimate of drug-likeness (QED) is 0.452. The summed E-state index contributed by atoms with van der Waals surface area (Å²) in [5.74, 6) is 1.75. The van der Waals surface area contributed by atoms with Crippen molar-refractivity contribution in [3.05, 3.63) is 60.7 Å². The summed E-state index contributed by atoms with van der Waals surface area (Å²) >= 11 is 2.50. The molecule has 0 radical (unpaired) electrons. The van der Waals surface area contributed by atoms with Gasteiger partial charge >= 0.3 is 0 Å². The molecule has 0 atom stereocenters. The first-order valence-corrected chi connectivity index (χ1v) is 8.94. The van der Waals surface area contributed by atoms with Crippen molar-refractivity contribution in [2.75, 3.05) is 9.44 Å². The molecule has 6 heteroatoms. The fourth-order valence-electron chi connectivity index (χ4n) is 2.94. The molecule has 2 aliphatic heterocycles. The maximum Gasteiger partial charge on any atom is 0.176 e. The summed E-state index contributed by atoms with van der Waals surface area (Å²) in [6, 6.07) is 20.7. The van der Waals surface area contributed by atoms with Crippen LogP contribution in [0.25, 0.3) is 22.3 Å². The first-order valence-electron chi connectivity index (χ1n) is 7.46. The van der Waals surface area contributed by atoms with Crippen molar-refractivity contribution in [2.45, 2.75) is 0 Å². The van der Waals surface area contributed by atoms with Crippen LogP contribution in [-0.2, 0) is 0 Å². The maximum atomic E-state index is 5.49. The third-order valence-corrected chi connectivity index (χ3v) is 5.21. The van der Waals surface area contributed by atoms with Crippen molar-refractivity contribution in [2.24, 2.45) is 0 Å². The highest BCUT2D eigenvalue weighted by Gasteiger charge is 2.19. The Morgan fingerprint density at radius 1 is 0.583 bits per heavy atom. The summed E-state index contributed by atoms with van der Waals surface area (Å²) in [6.07, 6.45) is 0. The van der Waals surface area contributed by atoms with Crippen LogP contribution in [0.4, 0.5) is 11.4 Å². The Balaban J connectivity index is 1.55. The van der Waals surface area contributed by atoms with E-state index in [4.69, 9.17) is 8.37 Å². The van der Waals surface area contributed by atoms with Crippen molar-refractivity contribution in [1.29, 1.82) is 0 Å². The lowest BCUT2D eigenvalue weighted by Crippen LogP contribution is -1.87. The highest BCUT2D eigenvalue weighted by atomic mass is 32.2. The molecule has 118 valence electrons. The molecule has 0 spiro atoms. The summed E-state index contributed by atoms with van der Waals surface area (Å²) in [5.41, 5.74) is 6.64. The van der Waals surface area contributed by atoms with Gasteiger partial charge in [0.05, 0.1) is 11.4 Å². The Hall–Kier alpha value is -2.44. The van der Waals surface area contributed by atoms with Crippen molar-refractivity contribution >= 4 is 35.8 Å². The second-order valence-corrected chi connectivity index (χ2v) is 6.55. The van der Waals surface area contributed by atoms with Crippen LogP contribution in [0.15, 0.2) is 60.7 Å². The lowest BCUT2D eigenvalue weighted by atomic mass is 9.98. The second-order valence-electron chi connectivity index (χ2n) is 5.47. The average Bonchev–Trinajstić information content (AvgIpc) is 3.30. The average molecular weight is 352 g/mol. The lowest BCUT2D eigenvalue weighted by molar-refractivity contribution is 0.665. The van der Waals surface area contributed by atoms with Gasteiger partial charge in [-0.05, 0) is 23.3 Å². The van der Waals surface area contributed by atoms with E-state index in [1.807, 2.05) is 24.3 Å². The minimum atomic E-state index is 0.876.